The Morgan fingerprint density at radius 3 is 1.29 bits per heavy atom. The molecule has 0 saturated heterocycles. The highest BCUT2D eigenvalue weighted by molar-refractivity contribution is 5.95. The molecule has 0 atom stereocenters. The smallest absolute Gasteiger partial charge is 0.203 e. The molecule has 16 nitrogen and oxygen atoms in total. The molecular weight excluding hydrogens is 726 g/mol. The van der Waals surface area contributed by atoms with Gasteiger partial charge in [-0.2, -0.15) is 0 Å². The molecule has 0 bridgehead atoms. The molecule has 294 valence electrons. The molecule has 2 aromatic heterocycles. The Kier molecular flexibility index (Phi) is 11.5. The zero-order chi connectivity index (χ0) is 40.1. The highest BCUT2D eigenvalue weighted by Gasteiger charge is 2.29. The van der Waals surface area contributed by atoms with E-state index in [2.05, 4.69) is 0 Å². The quantitative estimate of drug-likeness (QED) is 0.0989. The molecule has 0 fully saturated rings. The number of nitrogens with zero attached hydrogens (tertiary/aromatic N) is 5. The summed E-state index contributed by atoms with van der Waals surface area (Å²) in [5.74, 6) is 5.55. The predicted octanol–water partition coefficient (Wildman–Crippen LogP) is 7.05. The molecule has 0 aliphatic rings. The number of hydrogen-bond acceptors (Lipinski definition) is 15. The molecule has 16 heteroatoms. The van der Waals surface area contributed by atoms with Crippen molar-refractivity contribution in [1.29, 1.82) is 0 Å². The Balaban J connectivity index is 1.76. The second kappa shape index (κ2) is 16.6. The first-order valence-electron chi connectivity index (χ1n) is 16.9. The summed E-state index contributed by atoms with van der Waals surface area (Å²) < 4.78 is 64.8. The lowest BCUT2D eigenvalue weighted by atomic mass is 10.1. The lowest BCUT2D eigenvalue weighted by Crippen LogP contribution is -2.14. The van der Waals surface area contributed by atoms with Crippen molar-refractivity contribution in [3.63, 3.8) is 0 Å². The highest BCUT2D eigenvalue weighted by Crippen LogP contribution is 2.50. The van der Waals surface area contributed by atoms with Crippen molar-refractivity contribution in [2.24, 2.45) is 0 Å². The van der Waals surface area contributed by atoms with Crippen molar-refractivity contribution < 1.29 is 52.1 Å². The van der Waals surface area contributed by atoms with Gasteiger partial charge in [-0.1, -0.05) is 0 Å². The Morgan fingerprint density at radius 2 is 0.875 bits per heavy atom. The normalized spacial score (nSPS) is 10.8. The fourth-order valence-electron chi connectivity index (χ4n) is 6.44. The highest BCUT2D eigenvalue weighted by atomic mass is 16.5. The van der Waals surface area contributed by atoms with Gasteiger partial charge in [0, 0.05) is 35.9 Å². The lowest BCUT2D eigenvalue weighted by Gasteiger charge is -2.27. The third-order valence-electron chi connectivity index (χ3n) is 9.00. The van der Waals surface area contributed by atoms with E-state index >= 15 is 0 Å². The van der Waals surface area contributed by atoms with E-state index in [1.807, 2.05) is 33.7 Å². The van der Waals surface area contributed by atoms with E-state index < -0.39 is 0 Å². The van der Waals surface area contributed by atoms with Crippen LogP contribution in [0.3, 0.4) is 0 Å². The summed E-state index contributed by atoms with van der Waals surface area (Å²) in [4.78, 5) is 16.8. The number of rotatable bonds is 16. The lowest BCUT2D eigenvalue weighted by molar-refractivity contribution is 0.324. The van der Waals surface area contributed by atoms with Crippen LogP contribution in [0.2, 0.25) is 0 Å². The van der Waals surface area contributed by atoms with Crippen LogP contribution in [-0.2, 0) is 0 Å². The molecule has 6 aromatic rings. The third-order valence-corrected chi connectivity index (χ3v) is 9.00. The van der Waals surface area contributed by atoms with Gasteiger partial charge in [-0.15, -0.1) is 0 Å². The van der Waals surface area contributed by atoms with Crippen LogP contribution in [0.15, 0.2) is 60.9 Å². The van der Waals surface area contributed by atoms with Gasteiger partial charge in [-0.3, -0.25) is 9.47 Å². The molecule has 0 saturated carbocycles. The molecule has 6 rings (SSSR count). The van der Waals surface area contributed by atoms with Gasteiger partial charge in [0.25, 0.3) is 0 Å². The van der Waals surface area contributed by atoms with E-state index in [-0.39, 0.29) is 0 Å². The molecule has 0 spiro atoms. The average Bonchev–Trinajstić information content (AvgIpc) is 3.65. The van der Waals surface area contributed by atoms with Crippen LogP contribution < -0.4 is 57.0 Å². The van der Waals surface area contributed by atoms with Gasteiger partial charge in [0.2, 0.25) is 17.2 Å². The summed E-state index contributed by atoms with van der Waals surface area (Å²) >= 11 is 0. The van der Waals surface area contributed by atoms with E-state index in [9.17, 15) is 0 Å². The summed E-state index contributed by atoms with van der Waals surface area (Å²) in [6.45, 7) is 0. The summed E-state index contributed by atoms with van der Waals surface area (Å²) in [7, 11) is 17.0. The molecule has 0 aliphatic carbocycles. The van der Waals surface area contributed by atoms with Gasteiger partial charge >= 0.3 is 0 Å². The van der Waals surface area contributed by atoms with Gasteiger partial charge < -0.3 is 52.1 Å². The van der Waals surface area contributed by atoms with Crippen molar-refractivity contribution >= 4 is 28.4 Å². The average molecular weight is 770 g/mol. The number of benzene rings is 4. The number of ether oxygens (including phenoxy) is 11. The second-order valence-electron chi connectivity index (χ2n) is 11.7. The van der Waals surface area contributed by atoms with Gasteiger partial charge in [-0.05, 0) is 24.3 Å². The summed E-state index contributed by atoms with van der Waals surface area (Å²) in [5.41, 5.74) is 3.23. The minimum absolute atomic E-state index is 0.367. The van der Waals surface area contributed by atoms with Crippen LogP contribution in [0, 0.1) is 0 Å². The largest absolute Gasteiger partial charge is 0.493 e. The molecule has 4 aromatic carbocycles. The number of aromatic nitrogens is 4. The SMILES string of the molecule is COc1ccc(-n2c(-c3cc(OC)c(OC)c(OC)c3)nc3c(N(c4cc(OC)c(OC)c(OC)c4)c4cc(OC)c(OC)c(OC)c4)ncnc32)cc1OC. The van der Waals surface area contributed by atoms with Gasteiger partial charge in [0.1, 0.15) is 12.2 Å². The van der Waals surface area contributed by atoms with E-state index in [1.165, 1.54) is 20.5 Å². The van der Waals surface area contributed by atoms with E-state index in [1.54, 1.807) is 94.3 Å². The second-order valence-corrected chi connectivity index (χ2v) is 11.7. The fourth-order valence-corrected chi connectivity index (χ4v) is 6.44. The van der Waals surface area contributed by atoms with Crippen LogP contribution >= 0.6 is 0 Å². The zero-order valence-electron chi connectivity index (χ0n) is 33.0. The minimum atomic E-state index is 0.367. The van der Waals surface area contributed by atoms with Crippen LogP contribution in [0.4, 0.5) is 17.2 Å². The maximum absolute atomic E-state index is 5.79. The standard InChI is InChI=1S/C40H43N5O11/c1-46-26-13-12-23(16-27(26)47-2)45-38(22-14-28(48-3)35(54-9)29(15-22)49-4)43-34-39(41-21-42-40(34)45)44(24-17-30(50-5)36(55-10)31(18-24)51-6)25-19-32(52-7)37(56-11)33(20-25)53-8/h12-21H,1-11H3. The molecule has 0 aliphatic heterocycles. The van der Waals surface area contributed by atoms with Crippen molar-refractivity contribution in [3.05, 3.63) is 60.9 Å². The maximum Gasteiger partial charge on any atom is 0.203 e. The first-order chi connectivity index (χ1) is 27.3. The van der Waals surface area contributed by atoms with E-state index in [0.717, 1.165) is 0 Å². The molecule has 0 amide bonds. The first kappa shape index (κ1) is 38.7. The van der Waals surface area contributed by atoms with E-state index in [4.69, 9.17) is 67.1 Å². The number of fused-ring (bicyclic) bond motifs is 1. The van der Waals surface area contributed by atoms with E-state index in [0.29, 0.717) is 109 Å². The minimum Gasteiger partial charge on any atom is -0.493 e. The summed E-state index contributed by atoms with van der Waals surface area (Å²) in [6, 6.07) is 16.3. The molecular formula is C40H43N5O11. The predicted molar refractivity (Wildman–Crippen MR) is 209 cm³/mol. The summed E-state index contributed by atoms with van der Waals surface area (Å²) in [5, 5.41) is 0. The zero-order valence-corrected chi connectivity index (χ0v) is 33.0. The Hall–Kier alpha value is -6.97. The van der Waals surface area contributed by atoms with Gasteiger partial charge in [-0.25, -0.2) is 15.0 Å². The fraction of sp³-hybridized carbons (Fsp3) is 0.275. The van der Waals surface area contributed by atoms with Crippen molar-refractivity contribution in [2.75, 3.05) is 83.1 Å². The number of methoxy groups -OCH3 is 11. The Bertz CT molecular complexity index is 2230. The Morgan fingerprint density at radius 1 is 0.446 bits per heavy atom. The number of hydrogen-bond donors (Lipinski definition) is 0. The number of imidazole rings is 1. The Labute approximate surface area is 323 Å². The molecule has 0 radical (unpaired) electrons. The molecule has 0 unspecified atom stereocenters. The maximum atomic E-state index is 5.79. The van der Waals surface area contributed by atoms with Crippen molar-refractivity contribution in [3.8, 4) is 80.3 Å². The third kappa shape index (κ3) is 6.69. The van der Waals surface area contributed by atoms with Gasteiger partial charge in [0.15, 0.2) is 63.0 Å². The molecule has 56 heavy (non-hydrogen) atoms. The number of anilines is 3. The van der Waals surface area contributed by atoms with Crippen LogP contribution in [0.25, 0.3) is 28.2 Å². The van der Waals surface area contributed by atoms with Crippen LogP contribution in [0.1, 0.15) is 0 Å². The summed E-state index contributed by atoms with van der Waals surface area (Å²) in [6.07, 6.45) is 1.46. The van der Waals surface area contributed by atoms with Crippen LogP contribution in [-0.4, -0.2) is 97.7 Å². The first-order valence-corrected chi connectivity index (χ1v) is 16.9. The molecule has 0 N–H and O–H groups in total. The van der Waals surface area contributed by atoms with Crippen molar-refractivity contribution in [1.82, 2.24) is 19.5 Å². The molecule has 2 heterocycles. The van der Waals surface area contributed by atoms with Gasteiger partial charge in [0.05, 0.1) is 95.3 Å². The van der Waals surface area contributed by atoms with Crippen LogP contribution in [0.5, 0.6) is 63.2 Å². The van der Waals surface area contributed by atoms with Crippen molar-refractivity contribution in [2.45, 2.75) is 0 Å². The monoisotopic (exact) mass is 769 g/mol. The topological polar surface area (TPSA) is 148 Å².